The minimum atomic E-state index is -0.214. The molecule has 0 saturated carbocycles. The van der Waals surface area contributed by atoms with E-state index in [0.29, 0.717) is 11.3 Å². The smallest absolute Gasteiger partial charge is 0.131 e. The van der Waals surface area contributed by atoms with E-state index in [4.69, 9.17) is 0 Å². The summed E-state index contributed by atoms with van der Waals surface area (Å²) in [5, 5.41) is 0. The summed E-state index contributed by atoms with van der Waals surface area (Å²) in [5.41, 5.74) is 3.82. The van der Waals surface area contributed by atoms with Crippen molar-refractivity contribution in [1.29, 1.82) is 0 Å². The molecule has 0 amide bonds. The minimum absolute atomic E-state index is 0.214. The second-order valence-electron chi connectivity index (χ2n) is 4.38. The second kappa shape index (κ2) is 6.83. The van der Waals surface area contributed by atoms with Crippen LogP contribution in [-0.2, 0) is 6.42 Å². The molecule has 0 unspecified atom stereocenters. The topological polar surface area (TPSA) is 12.4 Å². The lowest BCUT2D eigenvalue weighted by molar-refractivity contribution is 0.622. The SMILES string of the molecule is C=N/C(=C/C(=CC)c1ccc(CC)cc1F)C(=C)C. The number of hydrogen-bond acceptors (Lipinski definition) is 1. The van der Waals surface area contributed by atoms with Gasteiger partial charge in [0, 0.05) is 5.56 Å². The Morgan fingerprint density at radius 1 is 1.42 bits per heavy atom. The fourth-order valence-electron chi connectivity index (χ4n) is 1.78. The zero-order valence-electron chi connectivity index (χ0n) is 11.8. The largest absolute Gasteiger partial charge is 0.264 e. The van der Waals surface area contributed by atoms with Crippen LogP contribution < -0.4 is 0 Å². The van der Waals surface area contributed by atoms with E-state index in [1.807, 2.05) is 32.9 Å². The number of nitrogens with zero attached hydrogens (tertiary/aromatic N) is 1. The lowest BCUT2D eigenvalue weighted by atomic mass is 10.0. The molecule has 1 aromatic carbocycles. The fraction of sp³-hybridized carbons (Fsp3) is 0.235. The Morgan fingerprint density at radius 3 is 2.53 bits per heavy atom. The van der Waals surface area contributed by atoms with Crippen LogP contribution >= 0.6 is 0 Å². The van der Waals surface area contributed by atoms with Crippen molar-refractivity contribution in [3.05, 3.63) is 65.1 Å². The number of aryl methyl sites for hydroxylation is 1. The van der Waals surface area contributed by atoms with Crippen molar-refractivity contribution in [2.24, 2.45) is 4.99 Å². The summed E-state index contributed by atoms with van der Waals surface area (Å²) in [5.74, 6) is -0.214. The Balaban J connectivity index is 3.26. The molecule has 0 heterocycles. The number of benzene rings is 1. The summed E-state index contributed by atoms with van der Waals surface area (Å²) in [4.78, 5) is 3.91. The van der Waals surface area contributed by atoms with Gasteiger partial charge < -0.3 is 0 Å². The molecule has 0 aromatic heterocycles. The number of rotatable bonds is 5. The maximum Gasteiger partial charge on any atom is 0.131 e. The molecule has 1 rings (SSSR count). The maximum atomic E-state index is 14.1. The van der Waals surface area contributed by atoms with Crippen molar-refractivity contribution in [1.82, 2.24) is 0 Å². The van der Waals surface area contributed by atoms with Gasteiger partial charge in [0.05, 0.1) is 5.70 Å². The van der Waals surface area contributed by atoms with Gasteiger partial charge in [0.2, 0.25) is 0 Å². The first-order chi connectivity index (χ1) is 9.03. The summed E-state index contributed by atoms with van der Waals surface area (Å²) in [6, 6.07) is 5.32. The third kappa shape index (κ3) is 3.75. The first-order valence-corrected chi connectivity index (χ1v) is 6.32. The summed E-state index contributed by atoms with van der Waals surface area (Å²) >= 11 is 0. The highest BCUT2D eigenvalue weighted by atomic mass is 19.1. The molecule has 0 bridgehead atoms. The van der Waals surface area contributed by atoms with Crippen molar-refractivity contribution >= 4 is 12.3 Å². The molecule has 0 aliphatic heterocycles. The molecule has 0 saturated heterocycles. The van der Waals surface area contributed by atoms with Crippen molar-refractivity contribution in [2.75, 3.05) is 0 Å². The Kier molecular flexibility index (Phi) is 5.43. The molecule has 19 heavy (non-hydrogen) atoms. The first-order valence-electron chi connectivity index (χ1n) is 6.32. The summed E-state index contributed by atoms with van der Waals surface area (Å²) < 4.78 is 14.1. The normalized spacial score (nSPS) is 12.4. The standard InChI is InChI=1S/C17H20FN/c1-6-13-8-9-15(16(18)10-13)14(7-2)11-17(19-5)12(3)4/h7-11H,3,5-6H2,1-2,4H3/b14-7?,17-11+. The van der Waals surface area contributed by atoms with Crippen molar-refractivity contribution in [3.63, 3.8) is 0 Å². The molecule has 2 heteroatoms. The van der Waals surface area contributed by atoms with Crippen LogP contribution in [0.5, 0.6) is 0 Å². The Hall–Kier alpha value is -1.96. The van der Waals surface area contributed by atoms with E-state index in [1.165, 1.54) is 0 Å². The van der Waals surface area contributed by atoms with E-state index in [2.05, 4.69) is 18.3 Å². The summed E-state index contributed by atoms with van der Waals surface area (Å²) in [6.07, 6.45) is 4.49. The lowest BCUT2D eigenvalue weighted by Crippen LogP contribution is -1.92. The molecule has 0 aliphatic rings. The summed E-state index contributed by atoms with van der Waals surface area (Å²) in [6.45, 7) is 13.1. The number of allylic oxidation sites excluding steroid dienone is 4. The molecular formula is C17H20FN. The van der Waals surface area contributed by atoms with Crippen LogP contribution in [0.4, 0.5) is 4.39 Å². The van der Waals surface area contributed by atoms with Crippen LogP contribution in [0, 0.1) is 5.82 Å². The molecule has 0 aliphatic carbocycles. The fourth-order valence-corrected chi connectivity index (χ4v) is 1.78. The monoisotopic (exact) mass is 257 g/mol. The molecule has 0 fully saturated rings. The average Bonchev–Trinajstić information content (AvgIpc) is 2.40. The van der Waals surface area contributed by atoms with Gasteiger partial charge in [-0.15, -0.1) is 0 Å². The van der Waals surface area contributed by atoms with Crippen molar-refractivity contribution < 1.29 is 4.39 Å². The quantitative estimate of drug-likeness (QED) is 0.522. The van der Waals surface area contributed by atoms with E-state index in [-0.39, 0.29) is 5.82 Å². The zero-order chi connectivity index (χ0) is 14.4. The minimum Gasteiger partial charge on any atom is -0.264 e. The van der Waals surface area contributed by atoms with E-state index in [0.717, 1.165) is 23.1 Å². The predicted molar refractivity (Wildman–Crippen MR) is 81.9 cm³/mol. The number of aliphatic imine (C=N–C) groups is 1. The zero-order valence-corrected chi connectivity index (χ0v) is 11.8. The highest BCUT2D eigenvalue weighted by molar-refractivity contribution is 5.76. The van der Waals surface area contributed by atoms with Crippen LogP contribution in [0.2, 0.25) is 0 Å². The van der Waals surface area contributed by atoms with Gasteiger partial charge in [-0.3, -0.25) is 4.99 Å². The second-order valence-corrected chi connectivity index (χ2v) is 4.38. The van der Waals surface area contributed by atoms with Gasteiger partial charge in [-0.05, 0) is 55.8 Å². The van der Waals surface area contributed by atoms with Gasteiger partial charge in [0.1, 0.15) is 5.82 Å². The van der Waals surface area contributed by atoms with Crippen molar-refractivity contribution in [2.45, 2.75) is 27.2 Å². The van der Waals surface area contributed by atoms with E-state index in [9.17, 15) is 4.39 Å². The Labute approximate surface area is 114 Å². The van der Waals surface area contributed by atoms with Crippen LogP contribution in [0.1, 0.15) is 31.9 Å². The number of hydrogen-bond donors (Lipinski definition) is 0. The molecule has 0 N–H and O–H groups in total. The van der Waals surface area contributed by atoms with Gasteiger partial charge in [0.25, 0.3) is 0 Å². The van der Waals surface area contributed by atoms with E-state index >= 15 is 0 Å². The predicted octanol–water partition coefficient (Wildman–Crippen LogP) is 4.95. The van der Waals surface area contributed by atoms with Crippen LogP contribution in [0.25, 0.3) is 5.57 Å². The molecule has 0 atom stereocenters. The van der Waals surface area contributed by atoms with E-state index < -0.39 is 0 Å². The van der Waals surface area contributed by atoms with Crippen LogP contribution in [-0.4, -0.2) is 6.72 Å². The maximum absolute atomic E-state index is 14.1. The highest BCUT2D eigenvalue weighted by Gasteiger charge is 2.07. The van der Waals surface area contributed by atoms with E-state index in [1.54, 1.807) is 18.2 Å². The first kappa shape index (κ1) is 15.1. The molecule has 1 aromatic rings. The molecule has 100 valence electrons. The van der Waals surface area contributed by atoms with Gasteiger partial charge in [-0.1, -0.05) is 31.7 Å². The molecular weight excluding hydrogens is 237 g/mol. The summed E-state index contributed by atoms with van der Waals surface area (Å²) in [7, 11) is 0. The average molecular weight is 257 g/mol. The van der Waals surface area contributed by atoms with Crippen LogP contribution in [0.3, 0.4) is 0 Å². The Bertz CT molecular complexity index is 550. The Morgan fingerprint density at radius 2 is 2.11 bits per heavy atom. The van der Waals surface area contributed by atoms with Crippen LogP contribution in [0.15, 0.2) is 53.2 Å². The molecule has 0 radical (unpaired) electrons. The highest BCUT2D eigenvalue weighted by Crippen LogP contribution is 2.24. The van der Waals surface area contributed by atoms with Gasteiger partial charge >= 0.3 is 0 Å². The molecule has 1 nitrogen and oxygen atoms in total. The lowest BCUT2D eigenvalue weighted by Gasteiger charge is -2.08. The number of halogens is 1. The van der Waals surface area contributed by atoms with Gasteiger partial charge in [-0.2, -0.15) is 0 Å². The van der Waals surface area contributed by atoms with Gasteiger partial charge in [0.15, 0.2) is 0 Å². The van der Waals surface area contributed by atoms with Gasteiger partial charge in [-0.25, -0.2) is 4.39 Å². The van der Waals surface area contributed by atoms with Crippen molar-refractivity contribution in [3.8, 4) is 0 Å². The third-order valence-corrected chi connectivity index (χ3v) is 2.96. The molecule has 0 spiro atoms. The third-order valence-electron chi connectivity index (χ3n) is 2.96.